The van der Waals surface area contributed by atoms with E-state index in [1.54, 1.807) is 0 Å². The number of fused-ring (bicyclic) bond motifs is 7. The largest absolute Gasteiger partial charge is 0.503 e. The first-order valence-corrected chi connectivity index (χ1v) is 25.0. The Kier molecular flexibility index (Phi) is 13.5. The van der Waals surface area contributed by atoms with E-state index in [1.165, 1.54) is 44.6 Å². The number of esters is 1. The van der Waals surface area contributed by atoms with Crippen LogP contribution in [0.15, 0.2) is 43.0 Å². The zero-order valence-electron chi connectivity index (χ0n) is 35.3. The number of nitrogens with one attached hydrogen (secondary N) is 3. The molecule has 374 valence electrons. The number of phosphoric ester groups is 1. The van der Waals surface area contributed by atoms with Crippen LogP contribution in [0.25, 0.3) is 11.2 Å². The number of amides is 2. The Bertz CT molecular complexity index is 3080. The molecule has 8 rings (SSSR count). The number of nitrogens with two attached hydrogens (primary N) is 1. The van der Waals surface area contributed by atoms with Crippen molar-refractivity contribution >= 4 is 81.5 Å². The number of phenolic OH excluding ortho intramolecular Hbond substituents is 2. The number of aliphatic hydroxyl groups is 1. The lowest BCUT2D eigenvalue weighted by molar-refractivity contribution is -0.0521. The highest BCUT2D eigenvalue weighted by Gasteiger charge is 2.56. The SMILES string of the molecule is COc1cc2c(c(Cl)c1O)Oc1c(cc(OC)c(O)c1Cl)C21OC(=O)c2ccc(C(=O)NCCNC(=O)O[C@@H]3[C@@H](O)[C@@H](COP(=O)(O)OP(=O)(O)NP(=O)(O)O)O[C@@H]3n3cnc4c(N)ncnc43)cc21. The van der Waals surface area contributed by atoms with Gasteiger partial charge in [0.2, 0.25) is 0 Å². The summed E-state index contributed by atoms with van der Waals surface area (Å²) in [5.41, 5.74) is 4.02. The average molecular weight is 1080 g/mol. The number of carbonyl (C=O) groups excluding carboxylic acids is 3. The quantitative estimate of drug-likeness (QED) is 0.0407. The molecule has 0 saturated carbocycles. The number of rotatable bonds is 15. The molecule has 1 spiro atoms. The van der Waals surface area contributed by atoms with E-state index in [4.69, 9.17) is 67.1 Å². The van der Waals surface area contributed by atoms with Crippen LogP contribution < -0.4 is 35.4 Å². The zero-order chi connectivity index (χ0) is 50.8. The molecule has 1 fully saturated rings. The molecule has 12 N–H and O–H groups in total. The lowest BCUT2D eigenvalue weighted by Gasteiger charge is -2.37. The van der Waals surface area contributed by atoms with E-state index in [9.17, 15) is 53.2 Å². The van der Waals surface area contributed by atoms with Crippen molar-refractivity contribution in [3.8, 4) is 34.5 Å². The van der Waals surface area contributed by atoms with Crippen molar-refractivity contribution in [1.29, 1.82) is 0 Å². The number of aliphatic hydroxyl groups excluding tert-OH is 1. The normalized spacial score (nSPS) is 20.6. The Hall–Kier alpha value is -5.87. The van der Waals surface area contributed by atoms with Crippen LogP contribution in [0.2, 0.25) is 10.0 Å². The number of methoxy groups -OCH3 is 2. The molecule has 5 heterocycles. The Morgan fingerprint density at radius 3 is 2.16 bits per heavy atom. The minimum Gasteiger partial charge on any atom is -0.503 e. The van der Waals surface area contributed by atoms with Crippen LogP contribution in [0.1, 0.15) is 43.6 Å². The van der Waals surface area contributed by atoms with E-state index in [0.717, 1.165) is 22.1 Å². The number of hydrogen-bond donors (Lipinski definition) is 11. The van der Waals surface area contributed by atoms with Gasteiger partial charge in [-0.25, -0.2) is 38.2 Å². The third-order valence-corrected chi connectivity index (χ3v) is 15.6. The molecule has 34 heteroatoms. The topological polar surface area (TPSA) is 424 Å². The maximum Gasteiger partial charge on any atom is 0.480 e. The van der Waals surface area contributed by atoms with Gasteiger partial charge in [-0.05, 0) is 30.3 Å². The van der Waals surface area contributed by atoms with Gasteiger partial charge < -0.3 is 79.7 Å². The van der Waals surface area contributed by atoms with Crippen molar-refractivity contribution < 1.29 is 100 Å². The van der Waals surface area contributed by atoms with E-state index >= 15 is 0 Å². The minimum absolute atomic E-state index is 0.00756. The number of alkyl carbamates (subject to hydrolysis) is 1. The van der Waals surface area contributed by atoms with Crippen molar-refractivity contribution in [1.82, 2.24) is 35.0 Å². The smallest absolute Gasteiger partial charge is 0.480 e. The van der Waals surface area contributed by atoms with Gasteiger partial charge in [0.25, 0.3) is 5.91 Å². The summed E-state index contributed by atoms with van der Waals surface area (Å²) in [5, 5.41) is 37.1. The van der Waals surface area contributed by atoms with Gasteiger partial charge in [-0.15, -0.1) is 4.86 Å². The van der Waals surface area contributed by atoms with E-state index in [-0.39, 0.29) is 90.9 Å². The highest BCUT2D eigenvalue weighted by molar-refractivity contribution is 7.70. The number of nitrogens with zero attached hydrogens (tertiary/aromatic N) is 4. The first kappa shape index (κ1) is 50.5. The molecule has 5 aromatic rings. The summed E-state index contributed by atoms with van der Waals surface area (Å²) in [6.07, 6.45) is -5.87. The number of benzene rings is 3. The minimum atomic E-state index is -5.66. The third kappa shape index (κ3) is 9.28. The zero-order valence-corrected chi connectivity index (χ0v) is 39.5. The van der Waals surface area contributed by atoms with Gasteiger partial charge in [-0.3, -0.25) is 13.9 Å². The van der Waals surface area contributed by atoms with Crippen LogP contribution in [0, 0.1) is 0 Å². The Morgan fingerprint density at radius 2 is 1.54 bits per heavy atom. The first-order chi connectivity index (χ1) is 32.9. The maximum atomic E-state index is 13.7. The third-order valence-electron chi connectivity index (χ3n) is 10.6. The van der Waals surface area contributed by atoms with Crippen LogP contribution in [-0.4, -0.2) is 125 Å². The molecule has 0 radical (unpaired) electrons. The van der Waals surface area contributed by atoms with E-state index in [1.807, 2.05) is 0 Å². The number of anilines is 1. The van der Waals surface area contributed by atoms with Crippen LogP contribution in [0.4, 0.5) is 10.6 Å². The maximum absolute atomic E-state index is 13.7. The second kappa shape index (κ2) is 18.7. The summed E-state index contributed by atoms with van der Waals surface area (Å²) >= 11 is 13.1. The fourth-order valence-electron chi connectivity index (χ4n) is 7.67. The summed E-state index contributed by atoms with van der Waals surface area (Å²) in [7, 11) is -14.3. The molecule has 0 bridgehead atoms. The number of phosphoric acid groups is 1. The molecular formula is C36H35Cl2N8O21P3. The van der Waals surface area contributed by atoms with Crippen LogP contribution >= 0.6 is 46.5 Å². The number of halogens is 2. The van der Waals surface area contributed by atoms with Crippen molar-refractivity contribution in [3.05, 3.63) is 80.8 Å². The highest BCUT2D eigenvalue weighted by Crippen LogP contribution is 2.64. The van der Waals surface area contributed by atoms with Gasteiger partial charge in [0.15, 0.2) is 63.9 Å². The van der Waals surface area contributed by atoms with Crippen molar-refractivity contribution in [3.63, 3.8) is 0 Å². The molecule has 3 aliphatic heterocycles. The molecule has 2 aromatic heterocycles. The lowest BCUT2D eigenvalue weighted by Crippen LogP contribution is -2.41. The van der Waals surface area contributed by atoms with Crippen molar-refractivity contribution in [2.75, 3.05) is 39.6 Å². The van der Waals surface area contributed by atoms with Gasteiger partial charge in [0, 0.05) is 24.2 Å². The average Bonchev–Trinajstić information content (AvgIpc) is 3.94. The van der Waals surface area contributed by atoms with Gasteiger partial charge in [-0.2, -0.15) is 4.31 Å². The molecule has 6 atom stereocenters. The van der Waals surface area contributed by atoms with Crippen molar-refractivity contribution in [2.24, 2.45) is 0 Å². The molecule has 3 aromatic carbocycles. The van der Waals surface area contributed by atoms with Gasteiger partial charge >= 0.3 is 35.4 Å². The number of phenols is 2. The number of aromatic hydroxyl groups is 2. The van der Waals surface area contributed by atoms with Crippen molar-refractivity contribution in [2.45, 2.75) is 30.1 Å². The summed E-state index contributed by atoms with van der Waals surface area (Å²) in [6.45, 7) is -1.71. The monoisotopic (exact) mass is 1080 g/mol. The number of hydrogen-bond acceptors (Lipinski definition) is 21. The number of carbonyl (C=O) groups is 3. The van der Waals surface area contributed by atoms with E-state index < -0.39 is 89.5 Å². The summed E-state index contributed by atoms with van der Waals surface area (Å²) in [6, 6.07) is 6.58. The number of ether oxygens (including phenoxy) is 6. The first-order valence-electron chi connectivity index (χ1n) is 19.5. The van der Waals surface area contributed by atoms with Gasteiger partial charge in [0.1, 0.15) is 34.1 Å². The predicted molar refractivity (Wildman–Crippen MR) is 233 cm³/mol. The van der Waals surface area contributed by atoms with E-state index in [0.29, 0.717) is 0 Å². The second-order valence-corrected chi connectivity index (χ2v) is 20.4. The van der Waals surface area contributed by atoms with Crippen LogP contribution in [-0.2, 0) is 42.3 Å². The Labute approximate surface area is 400 Å². The molecule has 0 aliphatic carbocycles. The molecule has 2 unspecified atom stereocenters. The fourth-order valence-corrected chi connectivity index (χ4v) is 11.6. The molecule has 3 aliphatic rings. The molecule has 2 amide bonds. The lowest BCUT2D eigenvalue weighted by atomic mass is 9.77. The van der Waals surface area contributed by atoms with Crippen LogP contribution in [0.3, 0.4) is 0 Å². The number of aromatic nitrogens is 4. The van der Waals surface area contributed by atoms with Gasteiger partial charge in [0.05, 0.1) is 43.8 Å². The van der Waals surface area contributed by atoms with E-state index in [2.05, 4.69) is 34.4 Å². The number of imidazole rings is 1. The summed E-state index contributed by atoms with van der Waals surface area (Å²) < 4.78 is 79.5. The molecule has 29 nitrogen and oxygen atoms in total. The molecule has 70 heavy (non-hydrogen) atoms. The van der Waals surface area contributed by atoms with Crippen LogP contribution in [0.5, 0.6) is 34.5 Å². The number of nitrogen functional groups attached to an aromatic ring is 1. The van der Waals surface area contributed by atoms with Gasteiger partial charge in [-0.1, -0.05) is 23.2 Å². The molecular weight excluding hydrogens is 1040 g/mol. The predicted octanol–water partition coefficient (Wildman–Crippen LogP) is 2.41. The summed E-state index contributed by atoms with van der Waals surface area (Å²) in [4.78, 5) is 90.9. The Morgan fingerprint density at radius 1 is 0.914 bits per heavy atom. The standard InChI is InChI=1S/C36H35Cl2N8O21P3/c1-60-18-8-16-27(21(37)24(18)47)64-28-17(9-19(61-2)25(48)22(28)38)36(16)15-7-13(3-4-14(15)34(51)66-36)32(50)40-5-6-41-35(52)65-29-26(49)20(10-62-70(58,59)67-69(56,57)45-68(53,54)55)63-33(29)46-12-44-23-30(39)42-11-43-31(23)46/h3-4,7-9,11-12,20,26,29,33,47-49H,5-6,10H2,1-2H3,(H,40,50)(H,41,52)(H,58,59)(H2,39,42,43)(H4,45,53,54,55,56,57)/t20-,26+,29-,33+/m1/s1. The Balaban J connectivity index is 0.990. The molecule has 1 saturated heterocycles. The fraction of sp³-hybridized carbons (Fsp3) is 0.278. The summed E-state index contributed by atoms with van der Waals surface area (Å²) in [5.74, 6) is -3.50. The highest BCUT2D eigenvalue weighted by atomic mass is 35.5. The second-order valence-electron chi connectivity index (χ2n) is 14.9.